The lowest BCUT2D eigenvalue weighted by Gasteiger charge is -2.31. The monoisotopic (exact) mass is 570 g/mol. The van der Waals surface area contributed by atoms with Gasteiger partial charge >= 0.3 is 0 Å². The van der Waals surface area contributed by atoms with Crippen molar-refractivity contribution in [3.05, 3.63) is 52.9 Å². The van der Waals surface area contributed by atoms with Crippen molar-refractivity contribution in [1.82, 2.24) is 10.3 Å². The van der Waals surface area contributed by atoms with Gasteiger partial charge in [-0.1, -0.05) is 17.7 Å². The molecule has 0 saturated heterocycles. The number of hydrogen-bond acceptors (Lipinski definition) is 6. The second kappa shape index (κ2) is 12.7. The van der Waals surface area contributed by atoms with Gasteiger partial charge in [0.25, 0.3) is 0 Å². The lowest BCUT2D eigenvalue weighted by atomic mass is 9.90. The number of phenols is 1. The standard InChI is InChI=1S/C26H28ClFN4O3.2ClH/c1-13(29)26(35)32-18-6-4-17(5-7-18)31-24-19-9-15(16-10-21(27)25(34)22(28)11-16)3-8-23(19)30-12-20(24)14(2)33;;/h3,8-13,17-18,34H,4-7,29H2,1-2H3,(H,30,31)(H,32,35);2*1H/t13-,17?,18?;;/m0../s1. The lowest BCUT2D eigenvalue weighted by Crippen LogP contribution is -2.46. The molecule has 1 heterocycles. The van der Waals surface area contributed by atoms with E-state index in [-0.39, 0.29) is 53.6 Å². The van der Waals surface area contributed by atoms with E-state index in [4.69, 9.17) is 17.3 Å². The van der Waals surface area contributed by atoms with E-state index in [0.717, 1.165) is 31.1 Å². The van der Waals surface area contributed by atoms with Gasteiger partial charge in [-0.2, -0.15) is 0 Å². The number of carbonyl (C=O) groups is 2. The maximum Gasteiger partial charge on any atom is 0.236 e. The van der Waals surface area contributed by atoms with Crippen molar-refractivity contribution in [2.75, 3.05) is 5.32 Å². The number of amides is 1. The van der Waals surface area contributed by atoms with Gasteiger partial charge in [-0.05, 0) is 74.9 Å². The molecular formula is C26H30Cl3FN4O3. The van der Waals surface area contributed by atoms with Crippen LogP contribution in [0.4, 0.5) is 10.1 Å². The van der Waals surface area contributed by atoms with Crippen molar-refractivity contribution in [3.8, 4) is 16.9 Å². The molecule has 3 aromatic rings. The van der Waals surface area contributed by atoms with Crippen LogP contribution in [0, 0.1) is 5.82 Å². The Hall–Kier alpha value is -2.65. The number of aromatic nitrogens is 1. The molecule has 7 nitrogen and oxygen atoms in total. The summed E-state index contributed by atoms with van der Waals surface area (Å²) in [6.45, 7) is 3.16. The maximum atomic E-state index is 14.1. The molecule has 1 aliphatic rings. The first-order valence-corrected chi connectivity index (χ1v) is 12.0. The number of nitrogens with two attached hydrogens (primary N) is 1. The molecule has 2 aromatic carbocycles. The molecule has 11 heteroatoms. The molecule has 0 radical (unpaired) electrons. The number of aromatic hydroxyl groups is 1. The van der Waals surface area contributed by atoms with E-state index in [1.54, 1.807) is 25.3 Å². The number of halogens is 4. The predicted molar refractivity (Wildman–Crippen MR) is 150 cm³/mol. The molecule has 0 unspecified atom stereocenters. The number of phenolic OH excluding ortho intramolecular Hbond substituents is 1. The highest BCUT2D eigenvalue weighted by Gasteiger charge is 2.25. The number of anilines is 1. The fourth-order valence-electron chi connectivity index (χ4n) is 4.45. The van der Waals surface area contributed by atoms with E-state index in [9.17, 15) is 19.1 Å². The molecule has 0 aliphatic heterocycles. The number of ketones is 1. The number of rotatable bonds is 6. The molecule has 1 saturated carbocycles. The molecule has 0 spiro atoms. The van der Waals surface area contributed by atoms with Gasteiger partial charge in [-0.15, -0.1) is 24.8 Å². The SMILES string of the molecule is CC(=O)c1cnc2ccc(-c3cc(F)c(O)c(Cl)c3)cc2c1NC1CCC(NC(=O)[C@H](C)N)CC1.Cl.Cl. The molecular weight excluding hydrogens is 542 g/mol. The Morgan fingerprint density at radius 1 is 1.11 bits per heavy atom. The Kier molecular flexibility index (Phi) is 10.5. The summed E-state index contributed by atoms with van der Waals surface area (Å²) in [5.41, 5.74) is 8.66. The van der Waals surface area contributed by atoms with E-state index >= 15 is 0 Å². The van der Waals surface area contributed by atoms with Crippen LogP contribution in [0.1, 0.15) is 49.9 Å². The average Bonchev–Trinajstić information content (AvgIpc) is 2.83. The molecule has 1 atom stereocenters. The van der Waals surface area contributed by atoms with Crippen molar-refractivity contribution in [3.63, 3.8) is 0 Å². The van der Waals surface area contributed by atoms with Gasteiger partial charge in [0.05, 0.1) is 27.8 Å². The van der Waals surface area contributed by atoms with E-state index in [1.807, 2.05) is 6.07 Å². The first-order valence-electron chi connectivity index (χ1n) is 11.6. The Bertz CT molecular complexity index is 1270. The zero-order valence-electron chi connectivity index (χ0n) is 20.4. The largest absolute Gasteiger partial charge is 0.504 e. The molecule has 200 valence electrons. The lowest BCUT2D eigenvalue weighted by molar-refractivity contribution is -0.122. The number of pyridine rings is 1. The molecule has 1 amide bonds. The Labute approximate surface area is 232 Å². The van der Waals surface area contributed by atoms with E-state index in [2.05, 4.69) is 15.6 Å². The van der Waals surface area contributed by atoms with E-state index in [0.29, 0.717) is 27.9 Å². The van der Waals surface area contributed by atoms with Crippen LogP contribution in [0.15, 0.2) is 36.5 Å². The zero-order chi connectivity index (χ0) is 25.3. The number of carbonyl (C=O) groups excluding carboxylic acids is 2. The van der Waals surface area contributed by atoms with Crippen LogP contribution in [0.3, 0.4) is 0 Å². The van der Waals surface area contributed by atoms with Gasteiger partial charge in [-0.3, -0.25) is 14.6 Å². The molecule has 1 fully saturated rings. The van der Waals surface area contributed by atoms with Crippen LogP contribution in [0.2, 0.25) is 5.02 Å². The van der Waals surface area contributed by atoms with Gasteiger partial charge in [0.1, 0.15) is 0 Å². The van der Waals surface area contributed by atoms with Crippen molar-refractivity contribution >= 4 is 64.7 Å². The number of Topliss-reactive ketones (excluding diaryl/α,β-unsaturated/α-hetero) is 1. The quantitative estimate of drug-likeness (QED) is 0.285. The normalized spacial score (nSPS) is 17.8. The van der Waals surface area contributed by atoms with Crippen LogP contribution >= 0.6 is 36.4 Å². The fourth-order valence-corrected chi connectivity index (χ4v) is 4.65. The topological polar surface area (TPSA) is 117 Å². The Morgan fingerprint density at radius 3 is 2.35 bits per heavy atom. The van der Waals surface area contributed by atoms with Crippen LogP contribution in [-0.4, -0.2) is 39.9 Å². The number of fused-ring (bicyclic) bond motifs is 1. The number of hydrogen-bond donors (Lipinski definition) is 4. The van der Waals surface area contributed by atoms with Crippen molar-refractivity contribution in [2.24, 2.45) is 5.73 Å². The van der Waals surface area contributed by atoms with Gasteiger partial charge in [0.2, 0.25) is 5.91 Å². The minimum atomic E-state index is -0.811. The summed E-state index contributed by atoms with van der Waals surface area (Å²) in [6, 6.07) is 7.79. The highest BCUT2D eigenvalue weighted by molar-refractivity contribution is 6.32. The summed E-state index contributed by atoms with van der Waals surface area (Å²) in [5, 5.41) is 16.8. The highest BCUT2D eigenvalue weighted by atomic mass is 35.5. The predicted octanol–water partition coefficient (Wildman–Crippen LogP) is 5.63. The molecule has 1 aliphatic carbocycles. The van der Waals surface area contributed by atoms with Crippen LogP contribution in [-0.2, 0) is 4.79 Å². The molecule has 5 N–H and O–H groups in total. The minimum absolute atomic E-state index is 0. The Balaban J connectivity index is 0.00000241. The highest BCUT2D eigenvalue weighted by Crippen LogP contribution is 2.36. The second-order valence-electron chi connectivity index (χ2n) is 9.11. The van der Waals surface area contributed by atoms with Gasteiger partial charge in [0, 0.05) is 23.7 Å². The maximum absolute atomic E-state index is 14.1. The third-order valence-electron chi connectivity index (χ3n) is 6.43. The first-order chi connectivity index (χ1) is 16.6. The smallest absolute Gasteiger partial charge is 0.236 e. The molecule has 4 rings (SSSR count). The third kappa shape index (κ3) is 6.82. The van der Waals surface area contributed by atoms with E-state index in [1.165, 1.54) is 19.1 Å². The van der Waals surface area contributed by atoms with Gasteiger partial charge in [-0.25, -0.2) is 4.39 Å². The molecule has 1 aromatic heterocycles. The molecule has 37 heavy (non-hydrogen) atoms. The fraction of sp³-hybridized carbons (Fsp3) is 0.346. The number of nitrogens with one attached hydrogen (secondary N) is 2. The van der Waals surface area contributed by atoms with Crippen LogP contribution in [0.5, 0.6) is 5.75 Å². The number of benzene rings is 2. The first kappa shape index (κ1) is 30.6. The van der Waals surface area contributed by atoms with Crippen molar-refractivity contribution < 1.29 is 19.1 Å². The van der Waals surface area contributed by atoms with Crippen LogP contribution in [0.25, 0.3) is 22.0 Å². The average molecular weight is 572 g/mol. The summed E-state index contributed by atoms with van der Waals surface area (Å²) in [4.78, 5) is 28.8. The van der Waals surface area contributed by atoms with Gasteiger partial charge < -0.3 is 21.5 Å². The molecule has 0 bridgehead atoms. The Morgan fingerprint density at radius 2 is 1.76 bits per heavy atom. The van der Waals surface area contributed by atoms with Crippen molar-refractivity contribution in [2.45, 2.75) is 57.7 Å². The summed E-state index contributed by atoms with van der Waals surface area (Å²) < 4.78 is 14.1. The summed E-state index contributed by atoms with van der Waals surface area (Å²) in [5.74, 6) is -1.68. The van der Waals surface area contributed by atoms with Crippen LogP contribution < -0.4 is 16.4 Å². The van der Waals surface area contributed by atoms with Gasteiger partial charge in [0.15, 0.2) is 17.3 Å². The van der Waals surface area contributed by atoms with Crippen molar-refractivity contribution in [1.29, 1.82) is 0 Å². The third-order valence-corrected chi connectivity index (χ3v) is 6.72. The zero-order valence-corrected chi connectivity index (χ0v) is 22.8. The summed E-state index contributed by atoms with van der Waals surface area (Å²) >= 11 is 5.98. The summed E-state index contributed by atoms with van der Waals surface area (Å²) in [7, 11) is 0. The minimum Gasteiger partial charge on any atom is -0.504 e. The number of nitrogens with zero attached hydrogens (tertiary/aromatic N) is 1. The van der Waals surface area contributed by atoms with E-state index < -0.39 is 17.6 Å². The second-order valence-corrected chi connectivity index (χ2v) is 9.52. The summed E-state index contributed by atoms with van der Waals surface area (Å²) in [6.07, 6.45) is 4.78.